The van der Waals surface area contributed by atoms with Crippen LogP contribution in [-0.4, -0.2) is 53.7 Å². The first-order valence-electron chi connectivity index (χ1n) is 13.1. The average Bonchev–Trinajstić information content (AvgIpc) is 3.32. The van der Waals surface area contributed by atoms with Crippen molar-refractivity contribution in [2.45, 2.75) is 53.7 Å². The normalized spacial score (nSPS) is 18.7. The van der Waals surface area contributed by atoms with Crippen molar-refractivity contribution in [1.82, 2.24) is 19.5 Å². The van der Waals surface area contributed by atoms with Gasteiger partial charge in [-0.25, -0.2) is 23.4 Å². The van der Waals surface area contributed by atoms with Gasteiger partial charge in [-0.1, -0.05) is 41.6 Å². The predicted octanol–water partition coefficient (Wildman–Crippen LogP) is 4.41. The van der Waals surface area contributed by atoms with Crippen LogP contribution in [0.5, 0.6) is 0 Å². The molecule has 4 aromatic rings. The molecule has 208 valence electrons. The highest BCUT2D eigenvalue weighted by Crippen LogP contribution is 2.42. The zero-order valence-electron chi connectivity index (χ0n) is 21.8. The van der Waals surface area contributed by atoms with Crippen molar-refractivity contribution in [3.8, 4) is 0 Å². The summed E-state index contributed by atoms with van der Waals surface area (Å²) < 4.78 is 30.5. The Morgan fingerprint density at radius 3 is 2.60 bits per heavy atom. The minimum absolute atomic E-state index is 0.0611. The van der Waals surface area contributed by atoms with Crippen LogP contribution in [0.15, 0.2) is 74.7 Å². The lowest BCUT2D eigenvalue weighted by Crippen LogP contribution is -2.41. The van der Waals surface area contributed by atoms with E-state index < -0.39 is 10.7 Å². The number of aromatic nitrogens is 4. The lowest BCUT2D eigenvalue weighted by atomic mass is 9.77. The van der Waals surface area contributed by atoms with E-state index in [1.54, 1.807) is 36.7 Å². The summed E-state index contributed by atoms with van der Waals surface area (Å²) in [5, 5.41) is 1.21. The third-order valence-electron chi connectivity index (χ3n) is 7.80. The number of thiol groups is 1. The van der Waals surface area contributed by atoms with E-state index >= 15 is 0 Å². The molecule has 1 atom stereocenters. The Kier molecular flexibility index (Phi) is 7.56. The molecule has 12 heteroatoms. The van der Waals surface area contributed by atoms with E-state index in [9.17, 15) is 13.2 Å². The molecule has 40 heavy (non-hydrogen) atoms. The maximum atomic E-state index is 13.4. The summed E-state index contributed by atoms with van der Waals surface area (Å²) in [5.41, 5.74) is 0.928. The molecule has 2 fully saturated rings. The first-order chi connectivity index (χ1) is 19.3. The monoisotopic (exact) mass is 597 g/mol. The SMILES string of the molecule is C[C@H]1CC2(CCN(c3cnc(Sc4ccc5ncn(Cc6ccccc6[SH](=O)=O)c(=O)c5c4Cl)cn3)CC2)CO1. The topological polar surface area (TPSA) is 107 Å². The van der Waals surface area contributed by atoms with E-state index in [0.717, 1.165) is 44.8 Å². The van der Waals surface area contributed by atoms with Crippen molar-refractivity contribution < 1.29 is 13.2 Å². The van der Waals surface area contributed by atoms with Gasteiger partial charge in [0.2, 0.25) is 0 Å². The number of fused-ring (bicyclic) bond motifs is 1. The molecular weight excluding hydrogens is 570 g/mol. The van der Waals surface area contributed by atoms with Gasteiger partial charge in [0.05, 0.1) is 58.8 Å². The largest absolute Gasteiger partial charge is 0.378 e. The molecule has 0 saturated carbocycles. The van der Waals surface area contributed by atoms with Crippen molar-refractivity contribution in [1.29, 1.82) is 0 Å². The number of nitrogens with zero attached hydrogens (tertiary/aromatic N) is 5. The van der Waals surface area contributed by atoms with Crippen LogP contribution in [0.2, 0.25) is 5.02 Å². The number of anilines is 1. The van der Waals surface area contributed by atoms with E-state index in [1.807, 2.05) is 6.07 Å². The van der Waals surface area contributed by atoms with Gasteiger partial charge in [-0.15, -0.1) is 0 Å². The van der Waals surface area contributed by atoms with Crippen LogP contribution in [0.3, 0.4) is 0 Å². The number of benzene rings is 2. The molecule has 0 unspecified atom stereocenters. The van der Waals surface area contributed by atoms with Gasteiger partial charge in [-0.05, 0) is 55.4 Å². The van der Waals surface area contributed by atoms with Gasteiger partial charge >= 0.3 is 0 Å². The summed E-state index contributed by atoms with van der Waals surface area (Å²) in [5.74, 6) is 0.850. The molecule has 9 nitrogen and oxygen atoms in total. The van der Waals surface area contributed by atoms with Crippen molar-refractivity contribution in [2.75, 3.05) is 24.6 Å². The smallest absolute Gasteiger partial charge is 0.263 e. The Labute approximate surface area is 242 Å². The summed E-state index contributed by atoms with van der Waals surface area (Å²) >= 11 is 8.07. The average molecular weight is 598 g/mol. The van der Waals surface area contributed by atoms with Gasteiger partial charge in [0.15, 0.2) is 10.7 Å². The number of hydrogen-bond donors (Lipinski definition) is 1. The van der Waals surface area contributed by atoms with Crippen molar-refractivity contribution >= 4 is 50.8 Å². The standard InChI is InChI=1S/C28H28ClN5O4S2/c1-18-12-28(16-38-18)8-10-33(11-9-28)23-13-31-24(14-30-23)39-21-7-6-20-25(26(21)29)27(35)34(17-32-20)15-19-4-2-3-5-22(19)40(36)37/h2-7,13-14,17-18,40H,8-12,15-16H2,1H3/t18-/m0/s1. The molecule has 0 radical (unpaired) electrons. The molecule has 0 bridgehead atoms. The summed E-state index contributed by atoms with van der Waals surface area (Å²) in [6, 6.07) is 10.1. The highest BCUT2D eigenvalue weighted by molar-refractivity contribution is 7.99. The summed E-state index contributed by atoms with van der Waals surface area (Å²) in [6.45, 7) is 4.93. The molecule has 2 aliphatic rings. The Balaban J connectivity index is 1.20. The van der Waals surface area contributed by atoms with Gasteiger partial charge in [0.25, 0.3) is 5.56 Å². The highest BCUT2D eigenvalue weighted by Gasteiger charge is 2.41. The van der Waals surface area contributed by atoms with E-state index in [4.69, 9.17) is 16.3 Å². The second-order valence-electron chi connectivity index (χ2n) is 10.5. The molecule has 4 heterocycles. The van der Waals surface area contributed by atoms with Gasteiger partial charge in [0.1, 0.15) is 10.8 Å². The Hall–Kier alpha value is -2.99. The third-order valence-corrected chi connectivity index (χ3v) is 10.1. The van der Waals surface area contributed by atoms with E-state index in [1.165, 1.54) is 28.7 Å². The quantitative estimate of drug-likeness (QED) is 0.323. The minimum atomic E-state index is -2.80. The fourth-order valence-electron chi connectivity index (χ4n) is 5.63. The fraction of sp³-hybridized carbons (Fsp3) is 0.357. The number of ether oxygens (including phenoxy) is 1. The molecule has 2 aliphatic heterocycles. The number of rotatable bonds is 6. The summed E-state index contributed by atoms with van der Waals surface area (Å²) in [4.78, 5) is 30.2. The van der Waals surface area contributed by atoms with Crippen molar-refractivity contribution in [3.63, 3.8) is 0 Å². The summed E-state index contributed by atoms with van der Waals surface area (Å²) in [6.07, 6.45) is 8.59. The molecule has 2 aromatic carbocycles. The molecule has 0 N–H and O–H groups in total. The molecule has 2 aromatic heterocycles. The number of hydrogen-bond acceptors (Lipinski definition) is 9. The maximum Gasteiger partial charge on any atom is 0.263 e. The molecule has 6 rings (SSSR count). The lowest BCUT2D eigenvalue weighted by molar-refractivity contribution is 0.0976. The Bertz CT molecular complexity index is 1690. The van der Waals surface area contributed by atoms with Gasteiger partial charge < -0.3 is 9.64 Å². The molecule has 1 spiro atoms. The maximum absolute atomic E-state index is 13.4. The van der Waals surface area contributed by atoms with Crippen molar-refractivity contribution in [2.24, 2.45) is 5.41 Å². The van der Waals surface area contributed by atoms with Crippen molar-refractivity contribution in [3.05, 3.63) is 76.1 Å². The zero-order valence-corrected chi connectivity index (χ0v) is 24.3. The van der Waals surface area contributed by atoms with Crippen LogP contribution in [0.1, 0.15) is 31.7 Å². The van der Waals surface area contributed by atoms with Crippen LogP contribution >= 0.6 is 23.4 Å². The number of halogens is 1. The summed E-state index contributed by atoms with van der Waals surface area (Å²) in [7, 11) is -2.80. The molecule has 2 saturated heterocycles. The van der Waals surface area contributed by atoms with Gasteiger partial charge in [-0.3, -0.25) is 9.36 Å². The first kappa shape index (κ1) is 27.2. The van der Waals surface area contributed by atoms with E-state index in [-0.39, 0.29) is 27.4 Å². The van der Waals surface area contributed by atoms with E-state index in [2.05, 4.69) is 26.8 Å². The Morgan fingerprint density at radius 1 is 1.10 bits per heavy atom. The minimum Gasteiger partial charge on any atom is -0.378 e. The zero-order chi connectivity index (χ0) is 27.9. The van der Waals surface area contributed by atoms with Crippen LogP contribution in [0.25, 0.3) is 10.9 Å². The second kappa shape index (κ2) is 11.1. The third kappa shape index (κ3) is 5.35. The Morgan fingerprint density at radius 2 is 1.90 bits per heavy atom. The van der Waals surface area contributed by atoms with E-state index in [0.29, 0.717) is 32.5 Å². The van der Waals surface area contributed by atoms with Crippen LogP contribution < -0.4 is 10.5 Å². The second-order valence-corrected chi connectivity index (χ2v) is 12.9. The molecule has 0 amide bonds. The highest BCUT2D eigenvalue weighted by atomic mass is 35.5. The molecule has 0 aliphatic carbocycles. The fourth-order valence-corrected chi connectivity index (χ4v) is 7.33. The first-order valence-corrected chi connectivity index (χ1v) is 15.5. The predicted molar refractivity (Wildman–Crippen MR) is 155 cm³/mol. The lowest BCUT2D eigenvalue weighted by Gasteiger charge is -2.38. The van der Waals surface area contributed by atoms with Crippen LogP contribution in [0.4, 0.5) is 5.82 Å². The van der Waals surface area contributed by atoms with Crippen LogP contribution in [-0.2, 0) is 22.0 Å². The van der Waals surface area contributed by atoms with Gasteiger partial charge in [0, 0.05) is 18.0 Å². The number of piperidine rings is 1. The van der Waals surface area contributed by atoms with Gasteiger partial charge in [-0.2, -0.15) is 0 Å². The molecular formula is C28H28ClN5O4S2. The van der Waals surface area contributed by atoms with Crippen LogP contribution in [0, 0.1) is 5.41 Å².